The number of anilines is 1. The first-order chi connectivity index (χ1) is 13.8. The van der Waals surface area contributed by atoms with Gasteiger partial charge in [-0.15, -0.1) is 11.3 Å². The first-order valence-electron chi connectivity index (χ1n) is 9.43. The zero-order valence-corrected chi connectivity index (χ0v) is 18.3. The molecule has 3 heterocycles. The number of hydrogen-bond donors (Lipinski definition) is 2. The van der Waals surface area contributed by atoms with Crippen LogP contribution < -0.4 is 14.9 Å². The summed E-state index contributed by atoms with van der Waals surface area (Å²) in [5, 5.41) is 4.51. The SMILES string of the molecule is CC1Cc2cc(N3CC[C@H](NS(=O)(=O)C=Cc4ccc(Cl)s4)C3=O)ccc2CN1. The van der Waals surface area contributed by atoms with Gasteiger partial charge in [0.1, 0.15) is 6.04 Å². The number of carbonyl (C=O) groups is 1. The Kier molecular flexibility index (Phi) is 5.81. The van der Waals surface area contributed by atoms with Gasteiger partial charge in [0.2, 0.25) is 15.9 Å². The smallest absolute Gasteiger partial charge is 0.245 e. The molecule has 1 aromatic heterocycles. The van der Waals surface area contributed by atoms with Gasteiger partial charge in [0.05, 0.1) is 4.34 Å². The van der Waals surface area contributed by atoms with Crippen molar-refractivity contribution in [3.05, 3.63) is 56.1 Å². The van der Waals surface area contributed by atoms with E-state index in [1.165, 1.54) is 28.5 Å². The Labute approximate surface area is 179 Å². The van der Waals surface area contributed by atoms with Crippen molar-refractivity contribution in [1.29, 1.82) is 0 Å². The molecular formula is C20H22ClN3O3S2. The highest BCUT2D eigenvalue weighted by Crippen LogP contribution is 2.27. The van der Waals surface area contributed by atoms with Crippen LogP contribution in [0.3, 0.4) is 0 Å². The van der Waals surface area contributed by atoms with Crippen LogP contribution in [0.25, 0.3) is 6.08 Å². The molecule has 1 saturated heterocycles. The minimum absolute atomic E-state index is 0.219. The third kappa shape index (κ3) is 4.73. The van der Waals surface area contributed by atoms with Crippen LogP contribution >= 0.6 is 22.9 Å². The van der Waals surface area contributed by atoms with Crippen molar-refractivity contribution in [2.45, 2.75) is 38.4 Å². The Balaban J connectivity index is 1.45. The van der Waals surface area contributed by atoms with Crippen molar-refractivity contribution in [2.75, 3.05) is 11.4 Å². The summed E-state index contributed by atoms with van der Waals surface area (Å²) in [4.78, 5) is 15.2. The van der Waals surface area contributed by atoms with E-state index in [9.17, 15) is 13.2 Å². The zero-order chi connectivity index (χ0) is 20.6. The minimum atomic E-state index is -3.74. The van der Waals surface area contributed by atoms with Crippen LogP contribution in [0.5, 0.6) is 0 Å². The van der Waals surface area contributed by atoms with E-state index in [-0.39, 0.29) is 5.91 Å². The van der Waals surface area contributed by atoms with E-state index >= 15 is 0 Å². The highest BCUT2D eigenvalue weighted by Gasteiger charge is 2.35. The molecule has 1 amide bonds. The molecule has 4 rings (SSSR count). The van der Waals surface area contributed by atoms with E-state index in [0.29, 0.717) is 23.3 Å². The Morgan fingerprint density at radius 2 is 2.10 bits per heavy atom. The lowest BCUT2D eigenvalue weighted by atomic mass is 9.96. The van der Waals surface area contributed by atoms with Gasteiger partial charge in [-0.3, -0.25) is 4.79 Å². The normalized spacial score (nSPS) is 22.4. The number of carbonyl (C=O) groups excluding carboxylic acids is 1. The molecular weight excluding hydrogens is 430 g/mol. The molecule has 2 aromatic rings. The summed E-state index contributed by atoms with van der Waals surface area (Å²) in [6.45, 7) is 3.46. The number of amides is 1. The number of halogens is 1. The molecule has 2 N–H and O–H groups in total. The highest BCUT2D eigenvalue weighted by molar-refractivity contribution is 7.92. The second-order valence-electron chi connectivity index (χ2n) is 7.38. The van der Waals surface area contributed by atoms with Crippen LogP contribution in [0, 0.1) is 0 Å². The molecule has 0 spiro atoms. The maximum atomic E-state index is 12.8. The number of fused-ring (bicyclic) bond motifs is 1. The van der Waals surface area contributed by atoms with Crippen molar-refractivity contribution in [1.82, 2.24) is 10.0 Å². The first kappa shape index (κ1) is 20.6. The lowest BCUT2D eigenvalue weighted by molar-refractivity contribution is -0.118. The molecule has 2 atom stereocenters. The fourth-order valence-electron chi connectivity index (χ4n) is 3.69. The van der Waals surface area contributed by atoms with Crippen molar-refractivity contribution in [2.24, 2.45) is 0 Å². The molecule has 2 aliphatic heterocycles. The molecule has 0 saturated carbocycles. The number of nitrogens with one attached hydrogen (secondary N) is 2. The van der Waals surface area contributed by atoms with Crippen LogP contribution in [0.4, 0.5) is 5.69 Å². The van der Waals surface area contributed by atoms with Gasteiger partial charge in [0, 0.05) is 35.1 Å². The van der Waals surface area contributed by atoms with Gasteiger partial charge >= 0.3 is 0 Å². The molecule has 2 aliphatic rings. The van der Waals surface area contributed by atoms with Crippen molar-refractivity contribution < 1.29 is 13.2 Å². The zero-order valence-electron chi connectivity index (χ0n) is 15.9. The quantitative estimate of drug-likeness (QED) is 0.732. The maximum absolute atomic E-state index is 12.8. The standard InChI is InChI=1S/C20H22ClN3O3S2/c1-13-10-15-11-16(3-2-14(15)12-22-13)24-8-6-18(20(24)25)23-29(26,27)9-7-17-4-5-19(21)28-17/h2-5,7,9,11,13,18,22-23H,6,8,10,12H2,1H3/t13?,18-/m0/s1. The van der Waals surface area contributed by atoms with Crippen molar-refractivity contribution in [3.63, 3.8) is 0 Å². The minimum Gasteiger partial charge on any atom is -0.311 e. The summed E-state index contributed by atoms with van der Waals surface area (Å²) < 4.78 is 27.9. The van der Waals surface area contributed by atoms with E-state index in [2.05, 4.69) is 23.0 Å². The predicted octanol–water partition coefficient (Wildman–Crippen LogP) is 3.13. The lowest BCUT2D eigenvalue weighted by Crippen LogP contribution is -2.40. The Morgan fingerprint density at radius 3 is 2.86 bits per heavy atom. The molecule has 9 heteroatoms. The number of thiophene rings is 1. The van der Waals surface area contributed by atoms with E-state index in [1.807, 2.05) is 12.1 Å². The third-order valence-electron chi connectivity index (χ3n) is 5.19. The van der Waals surface area contributed by atoms with Crippen LogP contribution in [-0.2, 0) is 27.8 Å². The summed E-state index contributed by atoms with van der Waals surface area (Å²) in [5.74, 6) is -0.219. The number of sulfonamides is 1. The Morgan fingerprint density at radius 1 is 1.28 bits per heavy atom. The van der Waals surface area contributed by atoms with Crippen LogP contribution in [-0.4, -0.2) is 33.0 Å². The number of nitrogens with zero attached hydrogens (tertiary/aromatic N) is 1. The molecule has 154 valence electrons. The second kappa shape index (κ2) is 8.20. The monoisotopic (exact) mass is 451 g/mol. The van der Waals surface area contributed by atoms with Crippen molar-refractivity contribution in [3.8, 4) is 0 Å². The topological polar surface area (TPSA) is 78.5 Å². The summed E-state index contributed by atoms with van der Waals surface area (Å²) in [6.07, 6.45) is 2.83. The van der Waals surface area contributed by atoms with Gasteiger partial charge in [0.25, 0.3) is 0 Å². The molecule has 1 fully saturated rings. The van der Waals surface area contributed by atoms with Gasteiger partial charge in [0.15, 0.2) is 0 Å². The summed E-state index contributed by atoms with van der Waals surface area (Å²) in [7, 11) is -3.74. The highest BCUT2D eigenvalue weighted by atomic mass is 35.5. The van der Waals surface area contributed by atoms with Crippen LogP contribution in [0.1, 0.15) is 29.3 Å². The Bertz CT molecular complexity index is 1060. The molecule has 0 bridgehead atoms. The summed E-state index contributed by atoms with van der Waals surface area (Å²) in [6, 6.07) is 9.13. The first-order valence-corrected chi connectivity index (χ1v) is 12.2. The fourth-order valence-corrected chi connectivity index (χ4v) is 5.76. The van der Waals surface area contributed by atoms with E-state index in [4.69, 9.17) is 11.6 Å². The van der Waals surface area contributed by atoms with Crippen LogP contribution in [0.2, 0.25) is 4.34 Å². The molecule has 1 unspecified atom stereocenters. The number of hydrogen-bond acceptors (Lipinski definition) is 5. The van der Waals surface area contributed by atoms with Gasteiger partial charge in [-0.05, 0) is 61.2 Å². The number of benzene rings is 1. The fraction of sp³-hybridized carbons (Fsp3) is 0.350. The summed E-state index contributed by atoms with van der Waals surface area (Å²) >= 11 is 7.15. The maximum Gasteiger partial charge on any atom is 0.245 e. The number of rotatable bonds is 5. The predicted molar refractivity (Wildman–Crippen MR) is 118 cm³/mol. The molecule has 0 radical (unpaired) electrons. The van der Waals surface area contributed by atoms with E-state index in [1.54, 1.807) is 17.0 Å². The van der Waals surface area contributed by atoms with Gasteiger partial charge < -0.3 is 10.2 Å². The molecule has 6 nitrogen and oxygen atoms in total. The van der Waals surface area contributed by atoms with Crippen molar-refractivity contribution >= 4 is 50.6 Å². The summed E-state index contributed by atoms with van der Waals surface area (Å²) in [5.41, 5.74) is 3.31. The molecule has 29 heavy (non-hydrogen) atoms. The molecule has 0 aliphatic carbocycles. The van der Waals surface area contributed by atoms with Crippen LogP contribution in [0.15, 0.2) is 35.7 Å². The van der Waals surface area contributed by atoms with Gasteiger partial charge in [-0.25, -0.2) is 8.42 Å². The second-order valence-corrected chi connectivity index (χ2v) is 10.7. The average Bonchev–Trinajstić information content (AvgIpc) is 3.25. The van der Waals surface area contributed by atoms with E-state index in [0.717, 1.165) is 28.9 Å². The Hall–Kier alpha value is -1.71. The average molecular weight is 452 g/mol. The lowest BCUT2D eigenvalue weighted by Gasteiger charge is -2.25. The van der Waals surface area contributed by atoms with Gasteiger partial charge in [-0.2, -0.15) is 4.72 Å². The van der Waals surface area contributed by atoms with Gasteiger partial charge in [-0.1, -0.05) is 17.7 Å². The molecule has 1 aromatic carbocycles. The third-order valence-corrected chi connectivity index (χ3v) is 7.49. The van der Waals surface area contributed by atoms with E-state index < -0.39 is 16.1 Å². The largest absolute Gasteiger partial charge is 0.311 e.